The fraction of sp³-hybridized carbons (Fsp3) is 0.308. The van der Waals surface area contributed by atoms with Crippen molar-refractivity contribution in [1.29, 1.82) is 0 Å². The number of carbonyl (C=O) groups excluding carboxylic acids is 2. The number of pyridine rings is 2. The van der Waals surface area contributed by atoms with Crippen LogP contribution in [-0.4, -0.2) is 34.4 Å². The predicted octanol–water partition coefficient (Wildman–Crippen LogP) is 3.66. The zero-order valence-corrected chi connectivity index (χ0v) is 19.8. The molecular formula is C26H31FN6O2. The molecule has 2 aromatic heterocycles. The monoisotopic (exact) mass is 478 g/mol. The van der Waals surface area contributed by atoms with Crippen molar-refractivity contribution >= 4 is 23.5 Å². The molecule has 0 radical (unpaired) electrons. The van der Waals surface area contributed by atoms with E-state index in [-0.39, 0.29) is 23.7 Å². The predicted molar refractivity (Wildman–Crippen MR) is 134 cm³/mol. The van der Waals surface area contributed by atoms with Crippen LogP contribution < -0.4 is 21.7 Å². The van der Waals surface area contributed by atoms with Crippen molar-refractivity contribution in [3.8, 4) is 0 Å². The van der Waals surface area contributed by atoms with Gasteiger partial charge >= 0.3 is 0 Å². The number of carbonyl (C=O) groups is 2. The molecule has 0 aliphatic carbocycles. The smallest absolute Gasteiger partial charge is 0.255 e. The van der Waals surface area contributed by atoms with E-state index in [1.165, 1.54) is 12.1 Å². The Kier molecular flexibility index (Phi) is 9.53. The molecule has 9 heteroatoms. The zero-order valence-electron chi connectivity index (χ0n) is 19.8. The van der Waals surface area contributed by atoms with Crippen LogP contribution in [0, 0.1) is 5.82 Å². The molecule has 35 heavy (non-hydrogen) atoms. The molecule has 8 nitrogen and oxygen atoms in total. The molecule has 184 valence electrons. The number of hydrogen-bond donors (Lipinski definition) is 4. The van der Waals surface area contributed by atoms with E-state index in [1.807, 2.05) is 25.1 Å². The first-order chi connectivity index (χ1) is 16.9. The van der Waals surface area contributed by atoms with Gasteiger partial charge in [-0.3, -0.25) is 14.6 Å². The van der Waals surface area contributed by atoms with Crippen LogP contribution in [0.5, 0.6) is 0 Å². The van der Waals surface area contributed by atoms with Gasteiger partial charge in [-0.2, -0.15) is 0 Å². The van der Waals surface area contributed by atoms with Crippen LogP contribution in [0.25, 0.3) is 0 Å². The Morgan fingerprint density at radius 1 is 1.11 bits per heavy atom. The van der Waals surface area contributed by atoms with Crippen molar-refractivity contribution in [2.24, 2.45) is 5.73 Å². The summed E-state index contributed by atoms with van der Waals surface area (Å²) >= 11 is 0. The van der Waals surface area contributed by atoms with Gasteiger partial charge in [0.05, 0.1) is 5.56 Å². The van der Waals surface area contributed by atoms with Crippen molar-refractivity contribution in [2.45, 2.75) is 45.2 Å². The largest absolute Gasteiger partial charge is 0.370 e. The van der Waals surface area contributed by atoms with Crippen molar-refractivity contribution in [2.75, 3.05) is 17.2 Å². The molecule has 3 rings (SSSR count). The molecule has 0 aliphatic rings. The highest BCUT2D eigenvalue weighted by Crippen LogP contribution is 2.19. The number of rotatable bonds is 13. The molecule has 2 heterocycles. The third kappa shape index (κ3) is 8.69. The van der Waals surface area contributed by atoms with Gasteiger partial charge in [0.15, 0.2) is 0 Å². The van der Waals surface area contributed by atoms with Crippen molar-refractivity contribution < 1.29 is 14.0 Å². The second kappa shape index (κ2) is 13.0. The molecule has 1 atom stereocenters. The number of hydrogen-bond acceptors (Lipinski definition) is 6. The Hall–Kier alpha value is -4.01. The molecule has 5 N–H and O–H groups in total. The number of halogens is 1. The number of anilines is 2. The number of nitrogens with one attached hydrogen (secondary N) is 3. The molecule has 0 spiro atoms. The van der Waals surface area contributed by atoms with Crippen LogP contribution >= 0.6 is 0 Å². The average Bonchev–Trinajstić information content (AvgIpc) is 2.83. The van der Waals surface area contributed by atoms with E-state index >= 15 is 0 Å². The number of amides is 2. The molecule has 0 aliphatic heterocycles. The number of primary amides is 1. The van der Waals surface area contributed by atoms with Crippen LogP contribution in [0.3, 0.4) is 0 Å². The van der Waals surface area contributed by atoms with Crippen LogP contribution in [0.1, 0.15) is 47.7 Å². The fourth-order valence-electron chi connectivity index (χ4n) is 3.56. The van der Waals surface area contributed by atoms with E-state index < -0.39 is 0 Å². The molecule has 2 amide bonds. The summed E-state index contributed by atoms with van der Waals surface area (Å²) in [6.45, 7) is 2.80. The first-order valence-corrected chi connectivity index (χ1v) is 11.6. The van der Waals surface area contributed by atoms with Gasteiger partial charge in [0, 0.05) is 37.9 Å². The topological polar surface area (TPSA) is 122 Å². The summed E-state index contributed by atoms with van der Waals surface area (Å²) in [4.78, 5) is 32.6. The highest BCUT2D eigenvalue weighted by molar-refractivity contribution is 5.99. The third-order valence-corrected chi connectivity index (χ3v) is 5.37. The summed E-state index contributed by atoms with van der Waals surface area (Å²) in [7, 11) is 0. The Morgan fingerprint density at radius 3 is 2.69 bits per heavy atom. The number of benzene rings is 1. The lowest BCUT2D eigenvalue weighted by Gasteiger charge is -2.17. The summed E-state index contributed by atoms with van der Waals surface area (Å²) in [6.07, 6.45) is 5.71. The molecule has 0 saturated carbocycles. The Morgan fingerprint density at radius 2 is 1.94 bits per heavy atom. The SMILES string of the molecule is CC(CCCC(N)=O)Nc1ccc(C(=O)NCc2cccnc2)c(NCCc2cccc(F)c2)n1. The summed E-state index contributed by atoms with van der Waals surface area (Å²) in [5.74, 6) is 0.165. The lowest BCUT2D eigenvalue weighted by molar-refractivity contribution is -0.118. The average molecular weight is 479 g/mol. The van der Waals surface area contributed by atoms with Gasteiger partial charge in [-0.25, -0.2) is 9.37 Å². The van der Waals surface area contributed by atoms with E-state index in [0.717, 1.165) is 17.5 Å². The number of nitrogens with two attached hydrogens (primary N) is 1. The van der Waals surface area contributed by atoms with Crippen molar-refractivity contribution in [3.05, 3.63) is 83.4 Å². The highest BCUT2D eigenvalue weighted by Gasteiger charge is 2.15. The van der Waals surface area contributed by atoms with Gasteiger partial charge in [0.2, 0.25) is 5.91 Å². The number of aromatic nitrogens is 2. The van der Waals surface area contributed by atoms with Crippen molar-refractivity contribution in [1.82, 2.24) is 15.3 Å². The molecule has 0 saturated heterocycles. The van der Waals surface area contributed by atoms with Gasteiger partial charge in [0.1, 0.15) is 17.5 Å². The molecule has 0 fully saturated rings. The summed E-state index contributed by atoms with van der Waals surface area (Å²) in [6, 6.07) is 13.6. The minimum absolute atomic E-state index is 0.0623. The molecule has 0 bridgehead atoms. The minimum atomic E-state index is -0.318. The van der Waals surface area contributed by atoms with Gasteiger partial charge in [-0.15, -0.1) is 0 Å². The normalized spacial score (nSPS) is 11.5. The Labute approximate surface area is 204 Å². The molecule has 1 unspecified atom stereocenters. The van der Waals surface area contributed by atoms with E-state index in [9.17, 15) is 14.0 Å². The lowest BCUT2D eigenvalue weighted by atomic mass is 10.1. The number of nitrogens with zero attached hydrogens (tertiary/aromatic N) is 2. The third-order valence-electron chi connectivity index (χ3n) is 5.37. The summed E-state index contributed by atoms with van der Waals surface area (Å²) in [5, 5.41) is 9.42. The van der Waals surface area contributed by atoms with Crippen LogP contribution in [0.2, 0.25) is 0 Å². The van der Waals surface area contributed by atoms with Crippen LogP contribution in [-0.2, 0) is 17.8 Å². The summed E-state index contributed by atoms with van der Waals surface area (Å²) < 4.78 is 13.5. The molecule has 3 aromatic rings. The minimum Gasteiger partial charge on any atom is -0.370 e. The van der Waals surface area contributed by atoms with Gasteiger partial charge < -0.3 is 21.7 Å². The first kappa shape index (κ1) is 25.6. The quantitative estimate of drug-likeness (QED) is 0.297. The Balaban J connectivity index is 1.69. The fourth-order valence-corrected chi connectivity index (χ4v) is 3.56. The molecule has 1 aromatic carbocycles. The van der Waals surface area contributed by atoms with Gasteiger partial charge in [-0.1, -0.05) is 18.2 Å². The summed E-state index contributed by atoms with van der Waals surface area (Å²) in [5.41, 5.74) is 7.35. The maximum Gasteiger partial charge on any atom is 0.255 e. The van der Waals surface area contributed by atoms with Crippen LogP contribution in [0.15, 0.2) is 60.9 Å². The van der Waals surface area contributed by atoms with E-state index in [4.69, 9.17) is 5.73 Å². The first-order valence-electron chi connectivity index (χ1n) is 11.6. The van der Waals surface area contributed by atoms with Gasteiger partial charge in [0.25, 0.3) is 5.91 Å². The lowest BCUT2D eigenvalue weighted by Crippen LogP contribution is -2.25. The van der Waals surface area contributed by atoms with Crippen LogP contribution in [0.4, 0.5) is 16.0 Å². The van der Waals surface area contributed by atoms with E-state index in [2.05, 4.69) is 25.9 Å². The zero-order chi connectivity index (χ0) is 25.0. The Bertz CT molecular complexity index is 1130. The maximum absolute atomic E-state index is 13.5. The second-order valence-corrected chi connectivity index (χ2v) is 8.35. The molecular weight excluding hydrogens is 447 g/mol. The van der Waals surface area contributed by atoms with E-state index in [0.29, 0.717) is 49.6 Å². The highest BCUT2D eigenvalue weighted by atomic mass is 19.1. The maximum atomic E-state index is 13.5. The standard InChI is InChI=1S/C26H31FN6O2/c1-18(5-2-9-23(28)34)32-24-11-10-22(26(35)31-17-20-7-4-13-29-16-20)25(33-24)30-14-12-19-6-3-8-21(27)15-19/h3-4,6-8,10-11,13,15-16,18H,2,5,9,12,14,17H2,1H3,(H2,28,34)(H,31,35)(H2,30,32,33). The second-order valence-electron chi connectivity index (χ2n) is 8.35. The van der Waals surface area contributed by atoms with Gasteiger partial charge in [-0.05, 0) is 67.6 Å². The van der Waals surface area contributed by atoms with Crippen molar-refractivity contribution in [3.63, 3.8) is 0 Å². The van der Waals surface area contributed by atoms with E-state index in [1.54, 1.807) is 30.6 Å².